The van der Waals surface area contributed by atoms with Crippen molar-refractivity contribution in [3.63, 3.8) is 0 Å². The summed E-state index contributed by atoms with van der Waals surface area (Å²) in [7, 11) is 0. The second-order valence-electron chi connectivity index (χ2n) is 9.94. The molecule has 5 N–H and O–H groups in total. The Bertz CT molecular complexity index is 1410. The van der Waals surface area contributed by atoms with Gasteiger partial charge in [0.2, 0.25) is 0 Å². The van der Waals surface area contributed by atoms with Gasteiger partial charge in [-0.05, 0) is 63.4 Å². The van der Waals surface area contributed by atoms with E-state index in [1.165, 1.54) is 18.3 Å². The Morgan fingerprint density at radius 1 is 1.28 bits per heavy atom. The number of hydrogen-bond acceptors (Lipinski definition) is 8. The maximum atomic E-state index is 13.8. The number of benzene rings is 2. The van der Waals surface area contributed by atoms with Gasteiger partial charge in [-0.2, -0.15) is 5.26 Å². The molecule has 3 aromatic rings. The van der Waals surface area contributed by atoms with Gasteiger partial charge in [-0.15, -0.1) is 5.53 Å². The van der Waals surface area contributed by atoms with Crippen LogP contribution in [0.3, 0.4) is 0 Å². The highest BCUT2D eigenvalue weighted by atomic mass is 35.5. The largest absolute Gasteiger partial charge is 0.373 e. The van der Waals surface area contributed by atoms with Crippen molar-refractivity contribution in [1.82, 2.24) is 26.4 Å². The van der Waals surface area contributed by atoms with Crippen molar-refractivity contribution in [2.75, 3.05) is 10.7 Å². The van der Waals surface area contributed by atoms with Crippen LogP contribution in [0.5, 0.6) is 0 Å². The number of nitrogens with one attached hydrogen (secondary N) is 5. The Kier molecular flexibility index (Phi) is 6.01. The molecule has 10 heteroatoms. The molecule has 8 nitrogen and oxygen atoms in total. The van der Waals surface area contributed by atoms with Gasteiger partial charge in [-0.25, -0.2) is 9.82 Å². The van der Waals surface area contributed by atoms with Crippen LogP contribution in [0.25, 0.3) is 10.9 Å². The summed E-state index contributed by atoms with van der Waals surface area (Å²) in [4.78, 5) is 4.40. The number of rotatable bonds is 7. The van der Waals surface area contributed by atoms with Crippen LogP contribution in [0, 0.1) is 17.1 Å². The van der Waals surface area contributed by atoms with Crippen LogP contribution in [0.2, 0.25) is 5.02 Å². The Labute approximate surface area is 215 Å². The van der Waals surface area contributed by atoms with Gasteiger partial charge >= 0.3 is 0 Å². The van der Waals surface area contributed by atoms with E-state index in [-0.39, 0.29) is 11.4 Å². The molecule has 186 valence electrons. The zero-order valence-corrected chi connectivity index (χ0v) is 21.0. The van der Waals surface area contributed by atoms with Gasteiger partial charge in [0.1, 0.15) is 11.9 Å². The summed E-state index contributed by atoms with van der Waals surface area (Å²) in [5.74, 6) is -0.386. The fraction of sp³-hybridized carbons (Fsp3) is 0.308. The Morgan fingerprint density at radius 2 is 2.03 bits per heavy atom. The normalized spacial score (nSPS) is 17.6. The number of anilines is 2. The van der Waals surface area contributed by atoms with E-state index in [4.69, 9.17) is 11.6 Å². The monoisotopic (exact) mass is 507 g/mol. The maximum Gasteiger partial charge on any atom is 0.123 e. The second-order valence-corrected chi connectivity index (χ2v) is 10.3. The molecule has 1 aliphatic heterocycles. The van der Waals surface area contributed by atoms with E-state index in [1.807, 2.05) is 32.0 Å². The third-order valence-electron chi connectivity index (χ3n) is 5.81. The molecule has 2 aliphatic rings. The Balaban J connectivity index is 1.60. The zero-order chi connectivity index (χ0) is 26.4. The topological polar surface area (TPSA) is 100 Å². The molecule has 0 bridgehead atoms. The predicted molar refractivity (Wildman–Crippen MR) is 140 cm³/mol. The third kappa shape index (κ3) is 5.16. The molecule has 0 amide bonds. The summed E-state index contributed by atoms with van der Waals surface area (Å²) in [5, 5.41) is 15.9. The lowest BCUT2D eigenvalue weighted by Crippen LogP contribution is -2.40. The molecule has 0 unspecified atom stereocenters. The lowest BCUT2D eigenvalue weighted by Gasteiger charge is -2.24. The SMILES string of the molecule is [2H][C@](Nc1cc(Cl)c2ncc(C#N)c(NNC(C)(C)C)c2c1)(C1=CN(C2CC2)NN1)c1ccc(F)cc1. The highest BCUT2D eigenvalue weighted by Gasteiger charge is 2.32. The van der Waals surface area contributed by atoms with Crippen LogP contribution in [-0.4, -0.2) is 21.6 Å². The van der Waals surface area contributed by atoms with E-state index in [9.17, 15) is 11.0 Å². The molecular weight excluding hydrogens is 479 g/mol. The molecule has 2 aromatic carbocycles. The third-order valence-corrected chi connectivity index (χ3v) is 6.10. The van der Waals surface area contributed by atoms with Gasteiger partial charge in [0.15, 0.2) is 0 Å². The van der Waals surface area contributed by atoms with E-state index in [0.29, 0.717) is 50.2 Å². The van der Waals surface area contributed by atoms with Gasteiger partial charge in [0, 0.05) is 35.1 Å². The fourth-order valence-corrected chi connectivity index (χ4v) is 4.13. The van der Waals surface area contributed by atoms with Crippen LogP contribution in [0.4, 0.5) is 15.8 Å². The fourth-order valence-electron chi connectivity index (χ4n) is 3.86. The number of hydrogen-bond donors (Lipinski definition) is 5. The predicted octanol–water partition coefficient (Wildman–Crippen LogP) is 5.10. The highest BCUT2D eigenvalue weighted by molar-refractivity contribution is 6.35. The molecule has 2 heterocycles. The number of fused-ring (bicyclic) bond motifs is 1. The molecule has 36 heavy (non-hydrogen) atoms. The molecule has 1 aliphatic carbocycles. The minimum absolute atomic E-state index is 0.276. The van der Waals surface area contributed by atoms with E-state index < -0.39 is 6.02 Å². The molecule has 1 saturated carbocycles. The molecule has 1 fully saturated rings. The molecule has 1 atom stereocenters. The Morgan fingerprint density at radius 3 is 2.69 bits per heavy atom. The average molecular weight is 508 g/mol. The van der Waals surface area contributed by atoms with E-state index in [2.05, 4.69) is 38.2 Å². The van der Waals surface area contributed by atoms with E-state index in [1.54, 1.807) is 24.3 Å². The smallest absolute Gasteiger partial charge is 0.123 e. The van der Waals surface area contributed by atoms with Crippen molar-refractivity contribution >= 4 is 33.9 Å². The van der Waals surface area contributed by atoms with Crippen molar-refractivity contribution in [2.45, 2.75) is 51.2 Å². The van der Waals surface area contributed by atoms with Crippen LogP contribution >= 0.6 is 11.6 Å². The molecular formula is C26H28ClFN8. The second kappa shape index (κ2) is 9.47. The van der Waals surface area contributed by atoms with Crippen LogP contribution in [-0.2, 0) is 0 Å². The van der Waals surface area contributed by atoms with Gasteiger partial charge in [0.05, 0.1) is 34.9 Å². The number of halogens is 2. The van der Waals surface area contributed by atoms with Crippen LogP contribution in [0.15, 0.2) is 54.5 Å². The quantitative estimate of drug-likeness (QED) is 0.282. The van der Waals surface area contributed by atoms with Crippen molar-refractivity contribution in [2.24, 2.45) is 0 Å². The number of pyridine rings is 1. The number of hydrazine groups is 3. The first-order valence-electron chi connectivity index (χ1n) is 12.2. The van der Waals surface area contributed by atoms with Crippen LogP contribution in [0.1, 0.15) is 52.1 Å². The van der Waals surface area contributed by atoms with Crippen LogP contribution < -0.4 is 27.1 Å². The summed E-state index contributed by atoms with van der Waals surface area (Å²) in [6.45, 7) is 5.98. The molecule has 1 aromatic heterocycles. The van der Waals surface area contributed by atoms with Gasteiger partial charge in [0.25, 0.3) is 0 Å². The minimum Gasteiger partial charge on any atom is -0.373 e. The first-order valence-corrected chi connectivity index (χ1v) is 12.1. The molecule has 0 saturated heterocycles. The van der Waals surface area contributed by atoms with Crippen molar-refractivity contribution in [3.8, 4) is 6.07 Å². The van der Waals surface area contributed by atoms with Gasteiger partial charge in [-0.3, -0.25) is 9.99 Å². The summed E-state index contributed by atoms with van der Waals surface area (Å²) in [6, 6.07) is 10.3. The highest BCUT2D eigenvalue weighted by Crippen LogP contribution is 2.36. The number of nitrogens with zero attached hydrogens (tertiary/aromatic N) is 3. The standard InChI is InChI=1S/C26H28ClFN8/c1-26(2,3)34-33-23-16(12-29)13-30-25-20(23)10-18(11-21(25)27)31-24(15-4-6-17(28)7-5-15)22-14-36(35-32-22)19-8-9-19/h4-7,10-11,13-14,19,24,31-32,34-35H,8-9H2,1-3H3,(H,30,33)/t24-/m1/s1/i24D. The zero-order valence-electron chi connectivity index (χ0n) is 21.2. The van der Waals surface area contributed by atoms with Crippen molar-refractivity contribution in [3.05, 3.63) is 76.5 Å². The van der Waals surface area contributed by atoms with Gasteiger partial charge < -0.3 is 16.2 Å². The first-order chi connectivity index (χ1) is 17.6. The lowest BCUT2D eigenvalue weighted by atomic mass is 10.0. The average Bonchev–Trinajstić information content (AvgIpc) is 3.58. The summed E-state index contributed by atoms with van der Waals surface area (Å²) >= 11 is 6.65. The first kappa shape index (κ1) is 22.9. The van der Waals surface area contributed by atoms with Crippen molar-refractivity contribution < 1.29 is 5.76 Å². The molecule has 5 rings (SSSR count). The molecule has 0 spiro atoms. The lowest BCUT2D eigenvalue weighted by molar-refractivity contribution is 0.260. The van der Waals surface area contributed by atoms with E-state index in [0.717, 1.165) is 12.8 Å². The number of aromatic nitrogens is 1. The Hall–Kier alpha value is -3.58. The maximum absolute atomic E-state index is 13.8. The minimum atomic E-state index is -1.52. The summed E-state index contributed by atoms with van der Waals surface area (Å²) < 4.78 is 23.3. The molecule has 0 radical (unpaired) electrons. The number of nitriles is 1. The summed E-state index contributed by atoms with van der Waals surface area (Å²) in [6.07, 6.45) is 5.48. The van der Waals surface area contributed by atoms with E-state index >= 15 is 0 Å². The summed E-state index contributed by atoms with van der Waals surface area (Å²) in [5.41, 5.74) is 15.3. The van der Waals surface area contributed by atoms with Gasteiger partial charge in [-0.1, -0.05) is 23.7 Å². The van der Waals surface area contributed by atoms with Crippen molar-refractivity contribution in [1.29, 1.82) is 5.26 Å².